The van der Waals surface area contributed by atoms with E-state index >= 15 is 0 Å². The summed E-state index contributed by atoms with van der Waals surface area (Å²) in [5.74, 6) is -0.403. The molecule has 1 unspecified atom stereocenters. The Bertz CT molecular complexity index is 2840. The monoisotopic (exact) mass is 1010 g/mol. The first-order chi connectivity index (χ1) is 34.9. The van der Waals surface area contributed by atoms with Crippen molar-refractivity contribution in [3.63, 3.8) is 0 Å². The Labute approximate surface area is 429 Å². The van der Waals surface area contributed by atoms with Crippen LogP contribution in [0.2, 0.25) is 10.0 Å². The molecule has 13 nitrogen and oxygen atoms in total. The molecule has 370 valence electrons. The minimum atomic E-state index is -0.810. The Morgan fingerprint density at radius 2 is 1.12 bits per heavy atom. The van der Waals surface area contributed by atoms with Gasteiger partial charge in [-0.2, -0.15) is 10.5 Å². The SMILES string of the molecule is Cc1c(COc2cc(OCc3cncc(C#N)c3)c(CC[C@@H]3CCC[C@@H]3C(=O)O)cc2Cl)cccc1-c1cccc(COc2cc(OCc3cncc(C#N)c3)c(CNC3CCC[C@@H]3C(=O)O)cc2Cl)c1C. The predicted molar refractivity (Wildman–Crippen MR) is 272 cm³/mol. The molecule has 0 radical (unpaired) electrons. The molecule has 3 N–H and O–H groups in total. The zero-order chi connectivity index (χ0) is 50.7. The van der Waals surface area contributed by atoms with Crippen molar-refractivity contribution in [1.29, 1.82) is 10.5 Å². The summed E-state index contributed by atoms with van der Waals surface area (Å²) in [5.41, 5.74) is 9.84. The lowest BCUT2D eigenvalue weighted by molar-refractivity contribution is -0.143. The zero-order valence-corrected chi connectivity index (χ0v) is 41.6. The van der Waals surface area contributed by atoms with Crippen LogP contribution in [-0.2, 0) is 49.0 Å². The van der Waals surface area contributed by atoms with Gasteiger partial charge in [-0.15, -0.1) is 0 Å². The summed E-state index contributed by atoms with van der Waals surface area (Å²) < 4.78 is 25.6. The van der Waals surface area contributed by atoms with Crippen molar-refractivity contribution in [2.45, 2.75) is 104 Å². The maximum absolute atomic E-state index is 12.0. The van der Waals surface area contributed by atoms with E-state index in [0.29, 0.717) is 82.0 Å². The topological polar surface area (TPSA) is 197 Å². The predicted octanol–water partition coefficient (Wildman–Crippen LogP) is 11.9. The van der Waals surface area contributed by atoms with E-state index in [9.17, 15) is 30.3 Å². The Morgan fingerprint density at radius 1 is 0.625 bits per heavy atom. The number of rotatable bonds is 21. The largest absolute Gasteiger partial charge is 0.488 e. The third-order valence-corrected chi connectivity index (χ3v) is 14.6. The molecule has 2 saturated carbocycles. The van der Waals surface area contributed by atoms with Gasteiger partial charge in [0, 0.05) is 66.2 Å². The minimum Gasteiger partial charge on any atom is -0.488 e. The van der Waals surface area contributed by atoms with Gasteiger partial charge in [0.1, 0.15) is 61.6 Å². The fraction of sp³-hybridized carbons (Fsp3) is 0.333. The Hall–Kier alpha value is -7.16. The lowest BCUT2D eigenvalue weighted by Gasteiger charge is -2.21. The van der Waals surface area contributed by atoms with Gasteiger partial charge in [0.25, 0.3) is 0 Å². The van der Waals surface area contributed by atoms with Crippen LogP contribution < -0.4 is 24.3 Å². The maximum atomic E-state index is 12.0. The highest BCUT2D eigenvalue weighted by molar-refractivity contribution is 6.32. The van der Waals surface area contributed by atoms with E-state index in [4.69, 9.17) is 42.1 Å². The molecule has 2 heterocycles. The van der Waals surface area contributed by atoms with Gasteiger partial charge < -0.3 is 34.5 Å². The summed E-state index contributed by atoms with van der Waals surface area (Å²) in [6, 6.07) is 26.8. The molecule has 0 spiro atoms. The molecule has 2 aliphatic rings. The number of halogens is 2. The van der Waals surface area contributed by atoms with Crippen LogP contribution in [0.1, 0.15) is 101 Å². The van der Waals surface area contributed by atoms with Crippen LogP contribution in [0.15, 0.2) is 97.6 Å². The van der Waals surface area contributed by atoms with Crippen LogP contribution in [0.3, 0.4) is 0 Å². The number of aliphatic carboxylic acids is 2. The van der Waals surface area contributed by atoms with Crippen LogP contribution >= 0.6 is 23.2 Å². The average Bonchev–Trinajstić information content (AvgIpc) is 4.08. The van der Waals surface area contributed by atoms with Crippen LogP contribution in [0, 0.1) is 54.3 Å². The highest BCUT2D eigenvalue weighted by Crippen LogP contribution is 2.40. The van der Waals surface area contributed by atoms with Gasteiger partial charge in [-0.3, -0.25) is 19.6 Å². The van der Waals surface area contributed by atoms with Crippen LogP contribution in [0.4, 0.5) is 0 Å². The highest BCUT2D eigenvalue weighted by atomic mass is 35.5. The van der Waals surface area contributed by atoms with Crippen molar-refractivity contribution in [2.75, 3.05) is 0 Å². The van der Waals surface area contributed by atoms with Crippen LogP contribution in [0.5, 0.6) is 23.0 Å². The number of nitriles is 2. The quantitative estimate of drug-likeness (QED) is 0.0616. The summed E-state index contributed by atoms with van der Waals surface area (Å²) >= 11 is 13.8. The minimum absolute atomic E-state index is 0.0659. The zero-order valence-electron chi connectivity index (χ0n) is 40.1. The second-order valence-electron chi connectivity index (χ2n) is 18.5. The molecule has 2 fully saturated rings. The summed E-state index contributed by atoms with van der Waals surface area (Å²) in [6.45, 7) is 5.16. The first kappa shape index (κ1) is 51.2. The van der Waals surface area contributed by atoms with Crippen molar-refractivity contribution >= 4 is 35.1 Å². The van der Waals surface area contributed by atoms with Crippen LogP contribution in [0.25, 0.3) is 11.1 Å². The Kier molecular flexibility index (Phi) is 17.0. The van der Waals surface area contributed by atoms with E-state index in [0.717, 1.165) is 75.8 Å². The Balaban J connectivity index is 0.985. The standard InChI is InChI=1S/C57H55Cl2N5O8/c1-34-42(32-71-54-21-52(69-30-38-17-36(23-60)25-62-27-38)41(19-49(54)58)16-15-40-7-3-12-47(40)56(65)66)8-4-10-45(34)46-11-5-9-43(35(46)2)33-72-55-22-53(70-31-39-18-37(24-61)26-63-28-39)44(20-50(55)59)29-64-51-14-6-13-48(51)57(67)68/h4-5,8-11,17-22,25-28,40,47-48,51,64H,3,6-7,12-16,29-33H2,1-2H3,(H,65,66)(H,67,68)/t40-,47-,48-,51?/m0/s1. The molecule has 0 bridgehead atoms. The van der Waals surface area contributed by atoms with E-state index in [1.807, 2.05) is 30.3 Å². The molecule has 72 heavy (non-hydrogen) atoms. The van der Waals surface area contributed by atoms with Gasteiger partial charge in [-0.25, -0.2) is 0 Å². The van der Waals surface area contributed by atoms with Crippen molar-refractivity contribution < 1.29 is 38.7 Å². The molecule has 4 aromatic carbocycles. The molecule has 15 heteroatoms. The van der Waals surface area contributed by atoms with Crippen LogP contribution in [-0.4, -0.2) is 38.2 Å². The maximum Gasteiger partial charge on any atom is 0.308 e. The molecule has 0 amide bonds. The van der Waals surface area contributed by atoms with Gasteiger partial charge >= 0.3 is 11.9 Å². The summed E-state index contributed by atoms with van der Waals surface area (Å²) in [7, 11) is 0. The number of nitrogens with one attached hydrogen (secondary N) is 1. The number of hydrogen-bond donors (Lipinski definition) is 3. The number of benzene rings is 4. The smallest absolute Gasteiger partial charge is 0.308 e. The third kappa shape index (κ3) is 12.5. The van der Waals surface area contributed by atoms with Gasteiger partial charge in [-0.05, 0) is 121 Å². The van der Waals surface area contributed by atoms with Gasteiger partial charge in [0.05, 0.1) is 33.0 Å². The number of carboxylic acids is 2. The first-order valence-corrected chi connectivity index (χ1v) is 24.8. The molecule has 0 saturated heterocycles. The van der Waals surface area contributed by atoms with Crippen molar-refractivity contribution in [3.8, 4) is 46.3 Å². The number of ether oxygens (including phenoxy) is 4. The van der Waals surface area contributed by atoms with Gasteiger partial charge in [0.15, 0.2) is 0 Å². The summed E-state index contributed by atoms with van der Waals surface area (Å²) in [4.78, 5) is 32.2. The first-order valence-electron chi connectivity index (χ1n) is 24.1. The van der Waals surface area contributed by atoms with Crippen molar-refractivity contribution in [3.05, 3.63) is 163 Å². The molecule has 0 aliphatic heterocycles. The molecule has 2 aliphatic carbocycles. The molecule has 8 rings (SSSR count). The Morgan fingerprint density at radius 3 is 1.67 bits per heavy atom. The van der Waals surface area contributed by atoms with E-state index in [-0.39, 0.29) is 44.3 Å². The summed E-state index contributed by atoms with van der Waals surface area (Å²) in [6.07, 6.45) is 12.2. The average molecular weight is 1010 g/mol. The van der Waals surface area contributed by atoms with E-state index in [2.05, 4.69) is 53.4 Å². The highest BCUT2D eigenvalue weighted by Gasteiger charge is 2.34. The molecule has 2 aromatic heterocycles. The third-order valence-electron chi connectivity index (χ3n) is 14.0. The lowest BCUT2D eigenvalue weighted by atomic mass is 9.90. The van der Waals surface area contributed by atoms with Gasteiger partial charge in [0.2, 0.25) is 0 Å². The second kappa shape index (κ2) is 23.8. The van der Waals surface area contributed by atoms with E-state index in [1.54, 1.807) is 42.7 Å². The molecule has 6 aromatic rings. The number of carbonyl (C=O) groups is 2. The fourth-order valence-electron chi connectivity index (χ4n) is 9.92. The van der Waals surface area contributed by atoms with Crippen molar-refractivity contribution in [1.82, 2.24) is 15.3 Å². The molecule has 4 atom stereocenters. The lowest BCUT2D eigenvalue weighted by Crippen LogP contribution is -2.35. The molecular weight excluding hydrogens is 954 g/mol. The van der Waals surface area contributed by atoms with Crippen molar-refractivity contribution in [2.24, 2.45) is 17.8 Å². The second-order valence-corrected chi connectivity index (χ2v) is 19.4. The molecular formula is C57H55Cl2N5O8. The van der Waals surface area contributed by atoms with E-state index in [1.165, 1.54) is 12.4 Å². The normalized spacial score (nSPS) is 17.2. The number of hydrogen-bond acceptors (Lipinski definition) is 11. The fourth-order valence-corrected chi connectivity index (χ4v) is 10.4. The number of aromatic nitrogens is 2. The number of carboxylic acid groups (broad SMARTS) is 2. The number of pyridine rings is 2. The van der Waals surface area contributed by atoms with Gasteiger partial charge in [-0.1, -0.05) is 72.4 Å². The number of nitrogens with zero attached hydrogens (tertiary/aromatic N) is 4. The van der Waals surface area contributed by atoms with E-state index < -0.39 is 17.9 Å². The number of aryl methyl sites for hydroxylation is 1. The summed E-state index contributed by atoms with van der Waals surface area (Å²) in [5, 5.41) is 42.6.